The first-order valence-corrected chi connectivity index (χ1v) is 10.7. The van der Waals surface area contributed by atoms with Crippen molar-refractivity contribution in [2.75, 3.05) is 56.2 Å². The molecule has 7 heteroatoms. The molecule has 1 amide bonds. The van der Waals surface area contributed by atoms with Crippen molar-refractivity contribution in [1.82, 2.24) is 14.9 Å². The fraction of sp³-hybridized carbons (Fsp3) is 0.435. The van der Waals surface area contributed by atoms with E-state index in [9.17, 15) is 4.79 Å². The van der Waals surface area contributed by atoms with Gasteiger partial charge in [0, 0.05) is 51.5 Å². The van der Waals surface area contributed by atoms with Gasteiger partial charge in [-0.25, -0.2) is 4.98 Å². The number of methoxy groups -OCH3 is 1. The molecule has 1 aromatic heterocycles. The highest BCUT2D eigenvalue weighted by molar-refractivity contribution is 5.92. The van der Waals surface area contributed by atoms with E-state index in [4.69, 9.17) is 9.72 Å². The van der Waals surface area contributed by atoms with E-state index >= 15 is 0 Å². The summed E-state index contributed by atoms with van der Waals surface area (Å²) < 4.78 is 5.16. The Kier molecular flexibility index (Phi) is 6.47. The van der Waals surface area contributed by atoms with Crippen LogP contribution in [0.2, 0.25) is 0 Å². The third-order valence-corrected chi connectivity index (χ3v) is 5.72. The summed E-state index contributed by atoms with van der Waals surface area (Å²) in [6.45, 7) is 5.00. The van der Waals surface area contributed by atoms with Gasteiger partial charge in [0.2, 0.25) is 11.9 Å². The van der Waals surface area contributed by atoms with E-state index in [1.807, 2.05) is 47.5 Å². The molecule has 0 radical (unpaired) electrons. The van der Waals surface area contributed by atoms with Crippen LogP contribution in [0.3, 0.4) is 0 Å². The molecule has 2 aliphatic heterocycles. The van der Waals surface area contributed by atoms with Crippen molar-refractivity contribution in [2.45, 2.75) is 19.3 Å². The third-order valence-electron chi connectivity index (χ3n) is 5.72. The minimum atomic E-state index is 0.0437. The lowest BCUT2D eigenvalue weighted by molar-refractivity contribution is -0.126. The molecule has 0 unspecified atom stereocenters. The van der Waals surface area contributed by atoms with Gasteiger partial charge in [-0.2, -0.15) is 4.98 Å². The molecule has 2 aliphatic rings. The summed E-state index contributed by atoms with van der Waals surface area (Å²) in [5.41, 5.74) is 0.981. The van der Waals surface area contributed by atoms with Crippen LogP contribution in [0, 0.1) is 0 Å². The van der Waals surface area contributed by atoms with Crippen LogP contribution in [0.5, 0.6) is 5.75 Å². The molecular weight excluding hydrogens is 378 g/mol. The number of anilines is 2. The topological polar surface area (TPSA) is 61.8 Å². The number of hydrogen-bond donors (Lipinski definition) is 0. The molecule has 3 heterocycles. The van der Waals surface area contributed by atoms with Crippen molar-refractivity contribution in [3.8, 4) is 5.75 Å². The standard InChI is InChI=1S/C23H29N5O2/c1-30-20-8-5-19(6-9-20)7-10-22(29)27-17-15-26(16-18-27)21-11-12-24-23(25-21)28-13-3-2-4-14-28/h5-12H,2-4,13-18H2,1H3/b10-7+. The SMILES string of the molecule is COc1ccc(/C=C/C(=O)N2CCN(c3ccnc(N4CCCCC4)n3)CC2)cc1. The van der Waals surface area contributed by atoms with Gasteiger partial charge in [0.25, 0.3) is 0 Å². The lowest BCUT2D eigenvalue weighted by atomic mass is 10.1. The molecular formula is C23H29N5O2. The van der Waals surface area contributed by atoms with Crippen LogP contribution in [0.25, 0.3) is 6.08 Å². The summed E-state index contributed by atoms with van der Waals surface area (Å²) in [6.07, 6.45) is 9.05. The molecule has 7 nitrogen and oxygen atoms in total. The number of piperidine rings is 1. The minimum Gasteiger partial charge on any atom is -0.497 e. The van der Waals surface area contributed by atoms with Crippen LogP contribution < -0.4 is 14.5 Å². The maximum Gasteiger partial charge on any atom is 0.246 e. The fourth-order valence-corrected chi connectivity index (χ4v) is 3.91. The number of piperazine rings is 1. The number of aromatic nitrogens is 2. The van der Waals surface area contributed by atoms with Crippen molar-refractivity contribution >= 4 is 23.7 Å². The van der Waals surface area contributed by atoms with E-state index in [-0.39, 0.29) is 5.91 Å². The van der Waals surface area contributed by atoms with Gasteiger partial charge in [0.05, 0.1) is 7.11 Å². The molecule has 0 saturated carbocycles. The highest BCUT2D eigenvalue weighted by Crippen LogP contribution is 2.20. The minimum absolute atomic E-state index is 0.0437. The van der Waals surface area contributed by atoms with Crippen LogP contribution >= 0.6 is 0 Å². The third kappa shape index (κ3) is 4.90. The Morgan fingerprint density at radius 1 is 0.933 bits per heavy atom. The first-order valence-electron chi connectivity index (χ1n) is 10.7. The fourth-order valence-electron chi connectivity index (χ4n) is 3.91. The van der Waals surface area contributed by atoms with Crippen LogP contribution in [0.1, 0.15) is 24.8 Å². The largest absolute Gasteiger partial charge is 0.497 e. The average molecular weight is 408 g/mol. The molecule has 0 N–H and O–H groups in total. The number of benzene rings is 1. The van der Waals surface area contributed by atoms with Gasteiger partial charge in [0.15, 0.2) is 0 Å². The number of amides is 1. The van der Waals surface area contributed by atoms with E-state index in [0.717, 1.165) is 49.3 Å². The molecule has 2 aromatic rings. The van der Waals surface area contributed by atoms with E-state index < -0.39 is 0 Å². The van der Waals surface area contributed by atoms with Crippen LogP contribution in [-0.4, -0.2) is 67.2 Å². The van der Waals surface area contributed by atoms with Gasteiger partial charge in [-0.1, -0.05) is 12.1 Å². The number of rotatable bonds is 5. The van der Waals surface area contributed by atoms with Crippen molar-refractivity contribution in [1.29, 1.82) is 0 Å². The summed E-state index contributed by atoms with van der Waals surface area (Å²) in [5.74, 6) is 2.63. The monoisotopic (exact) mass is 407 g/mol. The first kappa shape index (κ1) is 20.2. The van der Waals surface area contributed by atoms with Gasteiger partial charge >= 0.3 is 0 Å². The molecule has 2 saturated heterocycles. The zero-order chi connectivity index (χ0) is 20.8. The smallest absolute Gasteiger partial charge is 0.246 e. The van der Waals surface area contributed by atoms with E-state index in [1.165, 1.54) is 19.3 Å². The maximum atomic E-state index is 12.6. The molecule has 4 rings (SSSR count). The van der Waals surface area contributed by atoms with Crippen LogP contribution in [0.15, 0.2) is 42.6 Å². The van der Waals surface area contributed by atoms with Gasteiger partial charge in [-0.3, -0.25) is 4.79 Å². The predicted octanol–water partition coefficient (Wildman–Crippen LogP) is 2.84. The molecule has 158 valence electrons. The van der Waals surface area contributed by atoms with Crippen LogP contribution in [0.4, 0.5) is 11.8 Å². The van der Waals surface area contributed by atoms with E-state index in [0.29, 0.717) is 13.1 Å². The Morgan fingerprint density at radius 3 is 2.37 bits per heavy atom. The predicted molar refractivity (Wildman–Crippen MR) is 119 cm³/mol. The summed E-state index contributed by atoms with van der Waals surface area (Å²) in [7, 11) is 1.64. The Bertz CT molecular complexity index is 869. The Balaban J connectivity index is 1.32. The zero-order valence-corrected chi connectivity index (χ0v) is 17.5. The average Bonchev–Trinajstić information content (AvgIpc) is 2.83. The molecule has 0 atom stereocenters. The number of ether oxygens (including phenoxy) is 1. The quantitative estimate of drug-likeness (QED) is 0.711. The van der Waals surface area contributed by atoms with Crippen molar-refractivity contribution < 1.29 is 9.53 Å². The van der Waals surface area contributed by atoms with Gasteiger partial charge < -0.3 is 19.4 Å². The van der Waals surface area contributed by atoms with Gasteiger partial charge in [0.1, 0.15) is 11.6 Å². The van der Waals surface area contributed by atoms with Crippen LogP contribution in [-0.2, 0) is 4.79 Å². The number of carbonyl (C=O) groups excluding carboxylic acids is 1. The second kappa shape index (κ2) is 9.61. The second-order valence-electron chi connectivity index (χ2n) is 7.68. The molecule has 1 aromatic carbocycles. The van der Waals surface area contributed by atoms with Gasteiger partial charge in [-0.05, 0) is 49.1 Å². The summed E-state index contributed by atoms with van der Waals surface area (Å²) >= 11 is 0. The van der Waals surface area contributed by atoms with Crippen molar-refractivity contribution in [3.63, 3.8) is 0 Å². The summed E-state index contributed by atoms with van der Waals surface area (Å²) in [6, 6.07) is 9.63. The lowest BCUT2D eigenvalue weighted by Gasteiger charge is -2.35. The lowest BCUT2D eigenvalue weighted by Crippen LogP contribution is -2.48. The summed E-state index contributed by atoms with van der Waals surface area (Å²) in [4.78, 5) is 28.2. The van der Waals surface area contributed by atoms with Crippen molar-refractivity contribution in [3.05, 3.63) is 48.2 Å². The second-order valence-corrected chi connectivity index (χ2v) is 7.68. The number of nitrogens with zero attached hydrogens (tertiary/aromatic N) is 5. The van der Waals surface area contributed by atoms with E-state index in [2.05, 4.69) is 14.8 Å². The number of hydrogen-bond acceptors (Lipinski definition) is 6. The first-order chi connectivity index (χ1) is 14.7. The van der Waals surface area contributed by atoms with Gasteiger partial charge in [-0.15, -0.1) is 0 Å². The molecule has 2 fully saturated rings. The summed E-state index contributed by atoms with van der Waals surface area (Å²) in [5, 5.41) is 0. The Morgan fingerprint density at radius 2 is 1.67 bits per heavy atom. The highest BCUT2D eigenvalue weighted by atomic mass is 16.5. The van der Waals surface area contributed by atoms with E-state index in [1.54, 1.807) is 13.2 Å². The molecule has 0 bridgehead atoms. The zero-order valence-electron chi connectivity index (χ0n) is 17.5. The van der Waals surface area contributed by atoms with Crippen molar-refractivity contribution in [2.24, 2.45) is 0 Å². The molecule has 30 heavy (non-hydrogen) atoms. The Hall–Kier alpha value is -3.09. The highest BCUT2D eigenvalue weighted by Gasteiger charge is 2.22. The molecule has 0 spiro atoms. The number of carbonyl (C=O) groups is 1. The normalized spacial score (nSPS) is 17.4. The Labute approximate surface area is 178 Å². The molecule has 0 aliphatic carbocycles. The maximum absolute atomic E-state index is 12.6.